The number of nitrogens with one attached hydrogen (secondary N) is 1. The lowest BCUT2D eigenvalue weighted by atomic mass is 9.87. The van der Waals surface area contributed by atoms with Gasteiger partial charge in [-0.25, -0.2) is 18.4 Å². The molecule has 0 saturated carbocycles. The minimum Gasteiger partial charge on any atom is -0.346 e. The van der Waals surface area contributed by atoms with E-state index in [0.29, 0.717) is 13.1 Å². The van der Waals surface area contributed by atoms with Crippen LogP contribution in [0.15, 0.2) is 31.0 Å². The van der Waals surface area contributed by atoms with Crippen LogP contribution in [0.1, 0.15) is 13.3 Å². The summed E-state index contributed by atoms with van der Waals surface area (Å²) in [4.78, 5) is 13.4. The molecule has 1 aliphatic rings. The van der Waals surface area contributed by atoms with E-state index in [0.717, 1.165) is 22.3 Å². The highest BCUT2D eigenvalue weighted by molar-refractivity contribution is 7.73. The molecule has 0 bridgehead atoms. The fourth-order valence-corrected chi connectivity index (χ4v) is 3.83. The number of aromatic nitrogens is 5. The van der Waals surface area contributed by atoms with Crippen molar-refractivity contribution in [2.45, 2.75) is 24.3 Å². The van der Waals surface area contributed by atoms with E-state index in [2.05, 4.69) is 26.1 Å². The van der Waals surface area contributed by atoms with E-state index in [9.17, 15) is 13.7 Å². The van der Waals surface area contributed by atoms with Crippen molar-refractivity contribution in [3.8, 4) is 17.3 Å². The van der Waals surface area contributed by atoms with E-state index in [4.69, 9.17) is 0 Å². The van der Waals surface area contributed by atoms with E-state index in [1.165, 1.54) is 6.33 Å². The minimum absolute atomic E-state index is 0.260. The molecule has 3 aromatic heterocycles. The maximum absolute atomic E-state index is 11.2. The Bertz CT molecular complexity index is 1060. The average Bonchev–Trinajstić information content (AvgIpc) is 3.25. The number of aromatic amines is 1. The van der Waals surface area contributed by atoms with Gasteiger partial charge in [-0.15, -0.1) is 0 Å². The van der Waals surface area contributed by atoms with Gasteiger partial charge >= 0.3 is 0 Å². The Kier molecular flexibility index (Phi) is 3.97. The maximum atomic E-state index is 11.2. The molecule has 1 atom stereocenters. The average molecular weight is 371 g/mol. The van der Waals surface area contributed by atoms with Crippen molar-refractivity contribution in [3.63, 3.8) is 0 Å². The second kappa shape index (κ2) is 6.19. The fourth-order valence-electron chi connectivity index (χ4n) is 3.40. The molecule has 3 aromatic rings. The van der Waals surface area contributed by atoms with Gasteiger partial charge in [-0.05, 0) is 13.0 Å². The molecule has 0 amide bonds. The monoisotopic (exact) mass is 371 g/mol. The zero-order chi connectivity index (χ0) is 18.3. The van der Waals surface area contributed by atoms with Crippen LogP contribution in [0.5, 0.6) is 0 Å². The molecule has 1 N–H and O–H groups in total. The highest BCUT2D eigenvalue weighted by atomic mass is 32.2. The lowest BCUT2D eigenvalue weighted by Crippen LogP contribution is -2.65. The predicted molar refractivity (Wildman–Crippen MR) is 94.7 cm³/mol. The van der Waals surface area contributed by atoms with E-state index in [-0.39, 0.29) is 6.42 Å². The molecular formula is C16H17N7O2S. The van der Waals surface area contributed by atoms with Crippen molar-refractivity contribution < 1.29 is 8.42 Å². The Morgan fingerprint density at radius 3 is 2.96 bits per heavy atom. The Morgan fingerprint density at radius 1 is 1.42 bits per heavy atom. The van der Waals surface area contributed by atoms with Gasteiger partial charge in [0.05, 0.1) is 24.4 Å². The zero-order valence-corrected chi connectivity index (χ0v) is 14.9. The number of nitriles is 1. The van der Waals surface area contributed by atoms with E-state index in [1.807, 2.05) is 17.2 Å². The van der Waals surface area contributed by atoms with Gasteiger partial charge in [0.2, 0.25) is 0 Å². The Balaban J connectivity index is 1.66. The molecule has 1 fully saturated rings. The summed E-state index contributed by atoms with van der Waals surface area (Å²) in [5.74, 6) is 0. The molecule has 10 heteroatoms. The first-order valence-corrected chi connectivity index (χ1v) is 9.37. The first kappa shape index (κ1) is 16.7. The number of hydrogen-bond acceptors (Lipinski definition) is 7. The van der Waals surface area contributed by atoms with Crippen LogP contribution in [0.25, 0.3) is 22.3 Å². The van der Waals surface area contributed by atoms with Gasteiger partial charge in [-0.2, -0.15) is 10.4 Å². The third-order valence-electron chi connectivity index (χ3n) is 4.93. The molecule has 4 rings (SSSR count). The van der Waals surface area contributed by atoms with Gasteiger partial charge in [0.25, 0.3) is 0 Å². The Morgan fingerprint density at radius 2 is 2.23 bits per heavy atom. The molecule has 134 valence electrons. The maximum Gasteiger partial charge on any atom is 0.155 e. The summed E-state index contributed by atoms with van der Waals surface area (Å²) < 4.78 is 24.2. The largest absolute Gasteiger partial charge is 0.346 e. The smallest absolute Gasteiger partial charge is 0.155 e. The van der Waals surface area contributed by atoms with Gasteiger partial charge < -0.3 is 4.98 Å². The third kappa shape index (κ3) is 2.56. The van der Waals surface area contributed by atoms with Crippen molar-refractivity contribution in [2.75, 3.05) is 13.1 Å². The Hall–Kier alpha value is -2.77. The van der Waals surface area contributed by atoms with Crippen molar-refractivity contribution in [3.05, 3.63) is 31.0 Å². The molecule has 1 aliphatic heterocycles. The summed E-state index contributed by atoms with van der Waals surface area (Å²) in [6, 6.07) is 4.11. The van der Waals surface area contributed by atoms with Crippen LogP contribution in [-0.2, 0) is 16.2 Å². The van der Waals surface area contributed by atoms with E-state index >= 15 is 0 Å². The van der Waals surface area contributed by atoms with Crippen LogP contribution >= 0.6 is 0 Å². The van der Waals surface area contributed by atoms with Crippen molar-refractivity contribution in [1.29, 1.82) is 5.26 Å². The second-order valence-corrected chi connectivity index (χ2v) is 7.84. The van der Waals surface area contributed by atoms with Crippen LogP contribution in [0.2, 0.25) is 0 Å². The van der Waals surface area contributed by atoms with E-state index < -0.39 is 21.6 Å². The van der Waals surface area contributed by atoms with Gasteiger partial charge in [0, 0.05) is 36.4 Å². The van der Waals surface area contributed by atoms with Crippen LogP contribution in [0.4, 0.5) is 0 Å². The van der Waals surface area contributed by atoms with Gasteiger partial charge in [-0.1, -0.05) is 0 Å². The minimum atomic E-state index is -2.53. The molecule has 0 radical (unpaired) electrons. The lowest BCUT2D eigenvalue weighted by Gasteiger charge is -2.50. The highest BCUT2D eigenvalue weighted by Crippen LogP contribution is 2.35. The molecule has 1 saturated heterocycles. The molecule has 0 spiro atoms. The first-order chi connectivity index (χ1) is 12.5. The number of rotatable bonds is 5. The first-order valence-electron chi connectivity index (χ1n) is 8.12. The number of hydrogen-bond donors (Lipinski definition) is 2. The van der Waals surface area contributed by atoms with Crippen molar-refractivity contribution in [1.82, 2.24) is 29.6 Å². The molecule has 9 nitrogen and oxygen atoms in total. The number of nitrogens with zero attached hydrogens (tertiary/aromatic N) is 6. The summed E-state index contributed by atoms with van der Waals surface area (Å²) in [6.07, 6.45) is 7.14. The standard InChI is InChI=1S/C16H17N7O2S/c1-11(26(24)25)22-8-16(9-22,3-4-17)23-7-12(6-21-23)14-13-2-5-18-15(13)20-10-19-14/h2,5-7,10-11,26H,3,8-9H2,1H3,(H,18,19,20). The van der Waals surface area contributed by atoms with Crippen LogP contribution in [0.3, 0.4) is 0 Å². The topological polar surface area (TPSA) is 121 Å². The summed E-state index contributed by atoms with van der Waals surface area (Å²) in [6.45, 7) is 2.59. The van der Waals surface area contributed by atoms with Gasteiger partial charge in [0.1, 0.15) is 22.9 Å². The summed E-state index contributed by atoms with van der Waals surface area (Å²) >= 11 is 0. The Labute approximate surface area is 151 Å². The fraction of sp³-hybridized carbons (Fsp3) is 0.375. The third-order valence-corrected chi connectivity index (χ3v) is 5.87. The zero-order valence-electron chi connectivity index (χ0n) is 14.0. The van der Waals surface area contributed by atoms with Gasteiger partial charge in [-0.3, -0.25) is 9.58 Å². The van der Waals surface area contributed by atoms with Crippen molar-refractivity contribution >= 4 is 21.7 Å². The lowest BCUT2D eigenvalue weighted by molar-refractivity contribution is -0.000669. The molecular weight excluding hydrogens is 354 g/mol. The summed E-state index contributed by atoms with van der Waals surface area (Å²) in [5, 5.41) is 14.0. The predicted octanol–water partition coefficient (Wildman–Crippen LogP) is 0.703. The van der Waals surface area contributed by atoms with Crippen LogP contribution < -0.4 is 0 Å². The summed E-state index contributed by atoms with van der Waals surface area (Å²) in [5.41, 5.74) is 1.83. The van der Waals surface area contributed by atoms with E-state index in [1.54, 1.807) is 24.0 Å². The number of thiol groups is 1. The highest BCUT2D eigenvalue weighted by Gasteiger charge is 2.47. The number of likely N-dealkylation sites (tertiary alicyclic amines) is 1. The summed E-state index contributed by atoms with van der Waals surface area (Å²) in [7, 11) is -2.53. The number of fused-ring (bicyclic) bond motifs is 1. The molecule has 0 aromatic carbocycles. The second-order valence-electron chi connectivity index (χ2n) is 6.52. The number of H-pyrrole nitrogens is 1. The molecule has 26 heavy (non-hydrogen) atoms. The molecule has 4 heterocycles. The van der Waals surface area contributed by atoms with Gasteiger partial charge in [0.15, 0.2) is 10.7 Å². The normalized spacial score (nSPS) is 17.9. The van der Waals surface area contributed by atoms with Crippen LogP contribution in [-0.4, -0.2) is 56.5 Å². The van der Waals surface area contributed by atoms with Crippen molar-refractivity contribution in [2.24, 2.45) is 0 Å². The quantitative estimate of drug-likeness (QED) is 0.633. The molecule has 0 aliphatic carbocycles. The SMILES string of the molecule is CC(N1CC(CC#N)(n2cc(-c3ncnc4[nH]ccc34)cn2)C1)[SH](=O)=O. The molecule has 1 unspecified atom stereocenters. The van der Waals surface area contributed by atoms with Crippen LogP contribution in [0, 0.1) is 11.3 Å².